The van der Waals surface area contributed by atoms with Gasteiger partial charge in [0.15, 0.2) is 0 Å². The van der Waals surface area contributed by atoms with Crippen LogP contribution in [0.15, 0.2) is 0 Å². The highest BCUT2D eigenvalue weighted by Crippen LogP contribution is 2.18. The van der Waals surface area contributed by atoms with Crippen LogP contribution in [0, 0.1) is 11.8 Å². The Kier molecular flexibility index (Phi) is 2.09. The Bertz CT molecular complexity index is 90.9. The van der Waals surface area contributed by atoms with Crippen LogP contribution in [0.5, 0.6) is 0 Å². The molecule has 0 saturated carbocycles. The molecule has 3 unspecified atom stereocenters. The first kappa shape index (κ1) is 7.03. The Morgan fingerprint density at radius 2 is 2.22 bits per heavy atom. The highest BCUT2D eigenvalue weighted by Gasteiger charge is 2.26. The molecule has 1 fully saturated rings. The van der Waals surface area contributed by atoms with Gasteiger partial charge in [0.2, 0.25) is 0 Å². The van der Waals surface area contributed by atoms with E-state index >= 15 is 0 Å². The van der Waals surface area contributed by atoms with Gasteiger partial charge in [-0.1, -0.05) is 6.92 Å². The predicted octanol–water partition coefficient (Wildman–Crippen LogP) is 0.204. The summed E-state index contributed by atoms with van der Waals surface area (Å²) in [6, 6.07) is 0.325. The first-order valence-electron chi connectivity index (χ1n) is 3.60. The molecule has 0 spiro atoms. The van der Waals surface area contributed by atoms with Crippen molar-refractivity contribution in [2.45, 2.75) is 19.9 Å². The van der Waals surface area contributed by atoms with Gasteiger partial charge in [-0.05, 0) is 18.8 Å². The average Bonchev–Trinajstić information content (AvgIpc) is 2.13. The Morgan fingerprint density at radius 3 is 2.44 bits per heavy atom. The molecular weight excluding hydrogens is 112 g/mol. The second-order valence-corrected chi connectivity index (χ2v) is 3.09. The summed E-state index contributed by atoms with van der Waals surface area (Å²) in [5.41, 5.74) is 5.73. The monoisotopic (exact) mass is 127 g/mol. The summed E-state index contributed by atoms with van der Waals surface area (Å²) >= 11 is 0. The molecule has 0 bridgehead atoms. The van der Waals surface area contributed by atoms with Gasteiger partial charge in [0.25, 0.3) is 0 Å². The molecule has 1 saturated heterocycles. The van der Waals surface area contributed by atoms with Gasteiger partial charge in [-0.15, -0.1) is 0 Å². The lowest BCUT2D eigenvalue weighted by Crippen LogP contribution is -2.30. The fraction of sp³-hybridized carbons (Fsp3) is 1.00. The molecular formula is C7H15N2. The van der Waals surface area contributed by atoms with E-state index in [1.807, 2.05) is 0 Å². The second-order valence-electron chi connectivity index (χ2n) is 3.09. The minimum atomic E-state index is 0.325. The zero-order valence-electron chi connectivity index (χ0n) is 6.17. The van der Waals surface area contributed by atoms with E-state index < -0.39 is 0 Å². The molecule has 0 aromatic rings. The smallest absolute Gasteiger partial charge is 0.0179 e. The van der Waals surface area contributed by atoms with Gasteiger partial charge >= 0.3 is 0 Å². The van der Waals surface area contributed by atoms with Gasteiger partial charge in [-0.25, -0.2) is 5.32 Å². The van der Waals surface area contributed by atoms with E-state index in [0.29, 0.717) is 17.9 Å². The minimum Gasteiger partial charge on any atom is -0.328 e. The van der Waals surface area contributed by atoms with Crippen molar-refractivity contribution in [2.75, 3.05) is 13.1 Å². The molecule has 3 atom stereocenters. The van der Waals surface area contributed by atoms with Crippen molar-refractivity contribution >= 4 is 0 Å². The number of hydrogen-bond donors (Lipinski definition) is 1. The summed E-state index contributed by atoms with van der Waals surface area (Å²) in [5.74, 6) is 1.36. The molecule has 1 aliphatic rings. The molecule has 0 aliphatic carbocycles. The van der Waals surface area contributed by atoms with E-state index in [-0.39, 0.29) is 0 Å². The van der Waals surface area contributed by atoms with Crippen LogP contribution in [-0.4, -0.2) is 19.1 Å². The summed E-state index contributed by atoms with van der Waals surface area (Å²) in [7, 11) is 0. The van der Waals surface area contributed by atoms with Crippen molar-refractivity contribution in [3.63, 3.8) is 0 Å². The maximum absolute atomic E-state index is 5.73. The van der Waals surface area contributed by atoms with Crippen molar-refractivity contribution in [1.29, 1.82) is 0 Å². The van der Waals surface area contributed by atoms with Crippen LogP contribution in [0.2, 0.25) is 0 Å². The Labute approximate surface area is 56.8 Å². The fourth-order valence-corrected chi connectivity index (χ4v) is 1.43. The van der Waals surface area contributed by atoms with E-state index in [1.54, 1.807) is 0 Å². The van der Waals surface area contributed by atoms with E-state index in [9.17, 15) is 0 Å². The minimum absolute atomic E-state index is 0.325. The summed E-state index contributed by atoms with van der Waals surface area (Å²) in [6.07, 6.45) is 0. The van der Waals surface area contributed by atoms with Gasteiger partial charge in [-0.3, -0.25) is 0 Å². The van der Waals surface area contributed by atoms with Crippen LogP contribution in [0.25, 0.3) is 0 Å². The fourth-order valence-electron chi connectivity index (χ4n) is 1.43. The van der Waals surface area contributed by atoms with Gasteiger partial charge < -0.3 is 5.73 Å². The first-order valence-corrected chi connectivity index (χ1v) is 3.60. The number of rotatable bonds is 1. The van der Waals surface area contributed by atoms with Crippen LogP contribution in [0.4, 0.5) is 0 Å². The molecule has 2 heteroatoms. The SMILES string of the molecule is CC(N)C1C[N]CC1C. The van der Waals surface area contributed by atoms with E-state index in [4.69, 9.17) is 5.73 Å². The largest absolute Gasteiger partial charge is 0.328 e. The second kappa shape index (κ2) is 2.67. The summed E-state index contributed by atoms with van der Waals surface area (Å²) < 4.78 is 0. The molecule has 2 nitrogen and oxygen atoms in total. The Morgan fingerprint density at radius 1 is 1.56 bits per heavy atom. The average molecular weight is 127 g/mol. The number of nitrogens with zero attached hydrogens (tertiary/aromatic N) is 1. The summed E-state index contributed by atoms with van der Waals surface area (Å²) in [4.78, 5) is 0. The lowest BCUT2D eigenvalue weighted by atomic mass is 9.92. The van der Waals surface area contributed by atoms with Crippen molar-refractivity contribution in [2.24, 2.45) is 17.6 Å². The first-order chi connectivity index (χ1) is 4.22. The molecule has 0 amide bonds. The highest BCUT2D eigenvalue weighted by atomic mass is 14.9. The summed E-state index contributed by atoms with van der Waals surface area (Å²) in [5, 5.41) is 4.29. The van der Waals surface area contributed by atoms with Gasteiger partial charge in [-0.2, -0.15) is 0 Å². The van der Waals surface area contributed by atoms with Gasteiger partial charge in [0.05, 0.1) is 0 Å². The lowest BCUT2D eigenvalue weighted by Gasteiger charge is -2.17. The standard InChI is InChI=1S/C7H15N2/c1-5-3-9-4-7(5)6(2)8/h5-7H,3-4,8H2,1-2H3. The molecule has 0 aromatic heterocycles. The van der Waals surface area contributed by atoms with E-state index in [1.165, 1.54) is 0 Å². The molecule has 1 radical (unpaired) electrons. The van der Waals surface area contributed by atoms with Gasteiger partial charge in [0.1, 0.15) is 0 Å². The zero-order chi connectivity index (χ0) is 6.85. The predicted molar refractivity (Wildman–Crippen MR) is 38.2 cm³/mol. The third-order valence-electron chi connectivity index (χ3n) is 2.16. The van der Waals surface area contributed by atoms with Crippen molar-refractivity contribution in [3.8, 4) is 0 Å². The molecule has 53 valence electrons. The molecule has 9 heavy (non-hydrogen) atoms. The third kappa shape index (κ3) is 1.43. The Balaban J connectivity index is 2.40. The van der Waals surface area contributed by atoms with E-state index in [2.05, 4.69) is 19.2 Å². The maximum Gasteiger partial charge on any atom is 0.0179 e. The molecule has 2 N–H and O–H groups in total. The van der Waals surface area contributed by atoms with Crippen LogP contribution < -0.4 is 11.1 Å². The normalized spacial score (nSPS) is 39.0. The zero-order valence-corrected chi connectivity index (χ0v) is 6.17. The highest BCUT2D eigenvalue weighted by molar-refractivity contribution is 4.82. The maximum atomic E-state index is 5.73. The van der Waals surface area contributed by atoms with Crippen molar-refractivity contribution in [1.82, 2.24) is 5.32 Å². The van der Waals surface area contributed by atoms with Crippen LogP contribution in [0.3, 0.4) is 0 Å². The van der Waals surface area contributed by atoms with Crippen molar-refractivity contribution < 1.29 is 0 Å². The quantitative estimate of drug-likeness (QED) is 0.537. The number of hydrogen-bond acceptors (Lipinski definition) is 1. The molecule has 1 aliphatic heterocycles. The number of nitrogens with two attached hydrogens (primary N) is 1. The molecule has 1 heterocycles. The van der Waals surface area contributed by atoms with Gasteiger partial charge in [0, 0.05) is 19.1 Å². The van der Waals surface area contributed by atoms with Crippen molar-refractivity contribution in [3.05, 3.63) is 0 Å². The molecule has 1 rings (SSSR count). The van der Waals surface area contributed by atoms with Crippen LogP contribution in [0.1, 0.15) is 13.8 Å². The van der Waals surface area contributed by atoms with Crippen LogP contribution in [-0.2, 0) is 0 Å². The Hall–Kier alpha value is -0.0800. The molecule has 0 aromatic carbocycles. The summed E-state index contributed by atoms with van der Waals surface area (Å²) in [6.45, 7) is 6.30. The topological polar surface area (TPSA) is 40.1 Å². The van der Waals surface area contributed by atoms with E-state index in [0.717, 1.165) is 13.1 Å². The van der Waals surface area contributed by atoms with Crippen LogP contribution >= 0.6 is 0 Å². The lowest BCUT2D eigenvalue weighted by molar-refractivity contribution is 0.389. The third-order valence-corrected chi connectivity index (χ3v) is 2.16.